The molecule has 1 aromatic heterocycles. The molecule has 1 aliphatic heterocycles. The van der Waals surface area contributed by atoms with Crippen LogP contribution in [-0.2, 0) is 10.8 Å². The number of aliphatic hydroxyl groups excluding tert-OH is 2. The average Bonchev–Trinajstić information content (AvgIpc) is 3.32. The van der Waals surface area contributed by atoms with Gasteiger partial charge in [-0.25, -0.2) is 4.98 Å². The van der Waals surface area contributed by atoms with Crippen molar-refractivity contribution in [1.82, 2.24) is 9.88 Å². The van der Waals surface area contributed by atoms with E-state index in [1.54, 1.807) is 11.3 Å². The monoisotopic (exact) mass is 457 g/mol. The predicted octanol–water partition coefficient (Wildman–Crippen LogP) is 4.41. The van der Waals surface area contributed by atoms with E-state index in [1.165, 1.54) is 23.1 Å². The van der Waals surface area contributed by atoms with Gasteiger partial charge in [-0.05, 0) is 53.7 Å². The molecule has 5 nitrogen and oxygen atoms in total. The number of anilines is 1. The summed E-state index contributed by atoms with van der Waals surface area (Å²) in [5.41, 5.74) is 5.68. The van der Waals surface area contributed by atoms with Crippen LogP contribution in [0, 0.1) is 0 Å². The van der Waals surface area contributed by atoms with Gasteiger partial charge >= 0.3 is 0 Å². The molecule has 2 N–H and O–H groups in total. The van der Waals surface area contributed by atoms with Gasteiger partial charge in [0.1, 0.15) is 0 Å². The normalized spacial score (nSPS) is 21.0. The van der Waals surface area contributed by atoms with Crippen LogP contribution in [-0.4, -0.2) is 65.5 Å². The fraction of sp³-hybridized carbons (Fsp3) is 0.654. The second kappa shape index (κ2) is 9.41. The van der Waals surface area contributed by atoms with Crippen molar-refractivity contribution < 1.29 is 10.2 Å². The number of benzene rings is 1. The Labute approximate surface area is 197 Å². The third kappa shape index (κ3) is 4.74. The van der Waals surface area contributed by atoms with Gasteiger partial charge in [0.25, 0.3) is 0 Å². The van der Waals surface area contributed by atoms with E-state index in [4.69, 9.17) is 10.1 Å². The molecule has 176 valence electrons. The van der Waals surface area contributed by atoms with Gasteiger partial charge < -0.3 is 15.1 Å². The molecule has 1 saturated heterocycles. The topological polar surface area (TPSA) is 59.8 Å². The minimum atomic E-state index is 0.193. The van der Waals surface area contributed by atoms with Gasteiger partial charge in [0, 0.05) is 49.8 Å². The van der Waals surface area contributed by atoms with Crippen LogP contribution in [0.25, 0.3) is 11.3 Å². The quantitative estimate of drug-likeness (QED) is 0.575. The van der Waals surface area contributed by atoms with Crippen LogP contribution < -0.4 is 4.90 Å². The maximum atomic E-state index is 9.80. The number of unbranched alkanes of at least 4 members (excludes halogenated alkanes) is 1. The molecule has 1 atom stereocenters. The fourth-order valence-corrected chi connectivity index (χ4v) is 6.74. The number of piperazine rings is 1. The van der Waals surface area contributed by atoms with Crippen LogP contribution in [0.4, 0.5) is 5.13 Å². The lowest BCUT2D eigenvalue weighted by atomic mass is 9.82. The molecule has 6 heteroatoms. The molecule has 1 aromatic carbocycles. The Hall–Kier alpha value is -1.47. The molecule has 2 aromatic rings. The SMILES string of the molecule is CC1(C)CC(C)(C)c2cc(-c3csc(N4CCN(C(CO)CCCCO)CC4)n3)ccc21. The number of thiazole rings is 1. The number of hydrogen-bond donors (Lipinski definition) is 2. The Bertz CT molecular complexity index is 916. The van der Waals surface area contributed by atoms with Gasteiger partial charge in [-0.3, -0.25) is 4.90 Å². The molecule has 1 fully saturated rings. The van der Waals surface area contributed by atoms with Gasteiger partial charge in [-0.1, -0.05) is 39.8 Å². The van der Waals surface area contributed by atoms with E-state index in [-0.39, 0.29) is 30.1 Å². The van der Waals surface area contributed by atoms with Gasteiger partial charge in [-0.2, -0.15) is 0 Å². The van der Waals surface area contributed by atoms with Crippen molar-refractivity contribution in [1.29, 1.82) is 0 Å². The molecule has 4 rings (SSSR count). The first kappa shape index (κ1) is 23.7. The summed E-state index contributed by atoms with van der Waals surface area (Å²) in [6.07, 6.45) is 3.91. The Morgan fingerprint density at radius 1 is 1.00 bits per heavy atom. The number of nitrogens with zero attached hydrogens (tertiary/aromatic N) is 3. The van der Waals surface area contributed by atoms with E-state index in [0.717, 1.165) is 56.3 Å². The van der Waals surface area contributed by atoms with Crippen LogP contribution in [0.3, 0.4) is 0 Å². The Balaban J connectivity index is 1.42. The van der Waals surface area contributed by atoms with E-state index in [2.05, 4.69) is 61.1 Å². The summed E-state index contributed by atoms with van der Waals surface area (Å²) in [5, 5.41) is 22.1. The summed E-state index contributed by atoms with van der Waals surface area (Å²) in [7, 11) is 0. The van der Waals surface area contributed by atoms with Crippen LogP contribution in [0.2, 0.25) is 0 Å². The number of rotatable bonds is 8. The molecule has 0 amide bonds. The highest BCUT2D eigenvalue weighted by atomic mass is 32.1. The van der Waals surface area contributed by atoms with Gasteiger partial charge in [0.2, 0.25) is 0 Å². The van der Waals surface area contributed by atoms with E-state index < -0.39 is 0 Å². The molecule has 32 heavy (non-hydrogen) atoms. The summed E-state index contributed by atoms with van der Waals surface area (Å²) in [6.45, 7) is 13.6. The van der Waals surface area contributed by atoms with E-state index in [9.17, 15) is 5.11 Å². The van der Waals surface area contributed by atoms with E-state index in [1.807, 2.05) is 0 Å². The maximum absolute atomic E-state index is 9.80. The minimum absolute atomic E-state index is 0.193. The molecule has 0 bridgehead atoms. The third-order valence-electron chi connectivity index (χ3n) is 7.41. The highest BCUT2D eigenvalue weighted by Crippen LogP contribution is 2.50. The largest absolute Gasteiger partial charge is 0.396 e. The van der Waals surface area contributed by atoms with E-state index in [0.29, 0.717) is 0 Å². The van der Waals surface area contributed by atoms with Gasteiger partial charge in [0.15, 0.2) is 5.13 Å². The van der Waals surface area contributed by atoms with Crippen LogP contribution in [0.5, 0.6) is 0 Å². The lowest BCUT2D eigenvalue weighted by Crippen LogP contribution is -2.51. The zero-order chi connectivity index (χ0) is 22.9. The lowest BCUT2D eigenvalue weighted by molar-refractivity contribution is 0.107. The van der Waals surface area contributed by atoms with Gasteiger partial charge in [-0.15, -0.1) is 11.3 Å². The molecular formula is C26H39N3O2S. The number of fused-ring (bicyclic) bond motifs is 1. The molecule has 0 saturated carbocycles. The zero-order valence-corrected chi connectivity index (χ0v) is 20.9. The molecular weight excluding hydrogens is 418 g/mol. The molecule has 2 aliphatic rings. The summed E-state index contributed by atoms with van der Waals surface area (Å²) in [6, 6.07) is 7.15. The Morgan fingerprint density at radius 3 is 2.41 bits per heavy atom. The average molecular weight is 458 g/mol. The highest BCUT2D eigenvalue weighted by molar-refractivity contribution is 7.14. The maximum Gasteiger partial charge on any atom is 0.185 e. The lowest BCUT2D eigenvalue weighted by Gasteiger charge is -2.38. The molecule has 0 spiro atoms. The number of aliphatic hydroxyl groups is 2. The second-order valence-corrected chi connectivity index (χ2v) is 11.6. The molecule has 1 aliphatic carbocycles. The molecule has 0 radical (unpaired) electrons. The van der Waals surface area contributed by atoms with Crippen LogP contribution in [0.15, 0.2) is 23.6 Å². The first-order chi connectivity index (χ1) is 15.2. The van der Waals surface area contributed by atoms with Crippen LogP contribution in [0.1, 0.15) is 64.5 Å². The Morgan fingerprint density at radius 2 is 1.72 bits per heavy atom. The van der Waals surface area contributed by atoms with Crippen molar-refractivity contribution in [3.8, 4) is 11.3 Å². The van der Waals surface area contributed by atoms with Crippen LogP contribution >= 0.6 is 11.3 Å². The fourth-order valence-electron chi connectivity index (χ4n) is 5.85. The summed E-state index contributed by atoms with van der Waals surface area (Å²) in [4.78, 5) is 9.79. The first-order valence-corrected chi connectivity index (χ1v) is 12.9. The Kier molecular flexibility index (Phi) is 6.97. The number of hydrogen-bond acceptors (Lipinski definition) is 6. The summed E-state index contributed by atoms with van der Waals surface area (Å²) < 4.78 is 0. The predicted molar refractivity (Wildman–Crippen MR) is 134 cm³/mol. The summed E-state index contributed by atoms with van der Waals surface area (Å²) in [5.74, 6) is 0. The number of aromatic nitrogens is 1. The van der Waals surface area contributed by atoms with Crippen molar-refractivity contribution in [2.75, 3.05) is 44.3 Å². The van der Waals surface area contributed by atoms with Crippen molar-refractivity contribution in [3.63, 3.8) is 0 Å². The van der Waals surface area contributed by atoms with Crippen molar-refractivity contribution in [3.05, 3.63) is 34.7 Å². The standard InChI is InChI=1S/C26H39N3O2S/c1-25(2)18-26(3,4)22-15-19(8-9-21(22)25)23-17-32-24(27-23)29-12-10-28(11-13-29)20(16-31)7-5-6-14-30/h8-9,15,17,20,30-31H,5-7,10-14,16,18H2,1-4H3. The highest BCUT2D eigenvalue weighted by Gasteiger charge is 2.41. The van der Waals surface area contributed by atoms with Gasteiger partial charge in [0.05, 0.1) is 12.3 Å². The second-order valence-electron chi connectivity index (χ2n) is 10.8. The van der Waals surface area contributed by atoms with Crippen molar-refractivity contribution >= 4 is 16.5 Å². The first-order valence-electron chi connectivity index (χ1n) is 12.1. The van der Waals surface area contributed by atoms with Crippen molar-refractivity contribution in [2.45, 2.75) is 70.3 Å². The minimum Gasteiger partial charge on any atom is -0.396 e. The van der Waals surface area contributed by atoms with Crippen molar-refractivity contribution in [2.24, 2.45) is 0 Å². The zero-order valence-electron chi connectivity index (χ0n) is 20.1. The summed E-state index contributed by atoms with van der Waals surface area (Å²) >= 11 is 1.74. The third-order valence-corrected chi connectivity index (χ3v) is 8.31. The molecule has 1 unspecified atom stereocenters. The smallest absolute Gasteiger partial charge is 0.185 e. The molecule has 2 heterocycles. The van der Waals surface area contributed by atoms with E-state index >= 15 is 0 Å².